The van der Waals surface area contributed by atoms with Gasteiger partial charge in [-0.1, -0.05) is 37.1 Å². The molecule has 1 heterocycles. The Kier molecular flexibility index (Phi) is 5.00. The zero-order chi connectivity index (χ0) is 18.9. The normalized spacial score (nSPS) is 22.7. The van der Waals surface area contributed by atoms with Crippen molar-refractivity contribution in [2.75, 3.05) is 19.7 Å². The van der Waals surface area contributed by atoms with E-state index in [2.05, 4.69) is 0 Å². The summed E-state index contributed by atoms with van der Waals surface area (Å²) >= 11 is 0. The maximum absolute atomic E-state index is 13.5. The Bertz CT molecular complexity index is 833. The van der Waals surface area contributed by atoms with E-state index in [0.717, 1.165) is 42.9 Å². The highest BCUT2D eigenvalue weighted by atomic mass is 19.1. The van der Waals surface area contributed by atoms with Crippen LogP contribution < -0.4 is 0 Å². The van der Waals surface area contributed by atoms with E-state index in [9.17, 15) is 14.3 Å². The number of amides is 1. The van der Waals surface area contributed by atoms with Crippen LogP contribution in [0.25, 0.3) is 11.1 Å². The fraction of sp³-hybridized carbons (Fsp3) is 0.435. The SMILES string of the molecule is O=C(c1cccc(-c2cccc(F)c2)c1)N1CCC[C@](CO)(CC2CC2)C1. The molecule has 1 amide bonds. The Morgan fingerprint density at radius 2 is 1.89 bits per heavy atom. The molecule has 2 aromatic rings. The van der Waals surface area contributed by atoms with Crippen molar-refractivity contribution in [3.05, 3.63) is 59.9 Å². The summed E-state index contributed by atoms with van der Waals surface area (Å²) in [5.41, 5.74) is 2.08. The summed E-state index contributed by atoms with van der Waals surface area (Å²) in [6.45, 7) is 1.51. The molecule has 1 N–H and O–H groups in total. The maximum atomic E-state index is 13.5. The average Bonchev–Trinajstić information content (AvgIpc) is 3.51. The van der Waals surface area contributed by atoms with Crippen LogP contribution in [0.5, 0.6) is 0 Å². The second-order valence-electron chi connectivity index (χ2n) is 8.23. The van der Waals surface area contributed by atoms with Crippen molar-refractivity contribution >= 4 is 5.91 Å². The number of halogens is 1. The van der Waals surface area contributed by atoms with Crippen molar-refractivity contribution in [1.82, 2.24) is 4.90 Å². The Morgan fingerprint density at radius 3 is 2.59 bits per heavy atom. The average molecular weight is 367 g/mol. The van der Waals surface area contributed by atoms with Gasteiger partial charge in [-0.3, -0.25) is 4.79 Å². The maximum Gasteiger partial charge on any atom is 0.253 e. The highest BCUT2D eigenvalue weighted by Crippen LogP contribution is 2.44. The number of piperidine rings is 1. The van der Waals surface area contributed by atoms with Gasteiger partial charge >= 0.3 is 0 Å². The second kappa shape index (κ2) is 7.43. The van der Waals surface area contributed by atoms with E-state index in [1.165, 1.54) is 25.0 Å². The molecule has 1 aliphatic heterocycles. The van der Waals surface area contributed by atoms with E-state index in [1.807, 2.05) is 35.2 Å². The van der Waals surface area contributed by atoms with Gasteiger partial charge in [-0.15, -0.1) is 0 Å². The number of hydrogen-bond acceptors (Lipinski definition) is 2. The molecular weight excluding hydrogens is 341 g/mol. The first-order valence-corrected chi connectivity index (χ1v) is 9.85. The summed E-state index contributed by atoms with van der Waals surface area (Å²) in [5, 5.41) is 10.0. The molecule has 0 unspecified atom stereocenters. The van der Waals surface area contributed by atoms with Gasteiger partial charge in [-0.25, -0.2) is 4.39 Å². The molecule has 0 radical (unpaired) electrons. The van der Waals surface area contributed by atoms with Crippen molar-refractivity contribution < 1.29 is 14.3 Å². The van der Waals surface area contributed by atoms with Crippen molar-refractivity contribution in [1.29, 1.82) is 0 Å². The molecule has 2 aromatic carbocycles. The predicted octanol–water partition coefficient (Wildman–Crippen LogP) is 4.51. The topological polar surface area (TPSA) is 40.5 Å². The molecule has 1 saturated heterocycles. The molecular formula is C23H26FNO2. The molecule has 27 heavy (non-hydrogen) atoms. The monoisotopic (exact) mass is 367 g/mol. The third-order valence-corrected chi connectivity index (χ3v) is 5.97. The summed E-state index contributed by atoms with van der Waals surface area (Å²) in [7, 11) is 0. The molecule has 0 aromatic heterocycles. The molecule has 0 spiro atoms. The number of nitrogens with zero attached hydrogens (tertiary/aromatic N) is 1. The molecule has 0 bridgehead atoms. The Balaban J connectivity index is 1.54. The van der Waals surface area contributed by atoms with Crippen molar-refractivity contribution in [3.63, 3.8) is 0 Å². The second-order valence-corrected chi connectivity index (χ2v) is 8.23. The van der Waals surface area contributed by atoms with Crippen LogP contribution in [0.3, 0.4) is 0 Å². The van der Waals surface area contributed by atoms with Crippen LogP contribution in [0.1, 0.15) is 42.5 Å². The van der Waals surface area contributed by atoms with E-state index in [0.29, 0.717) is 12.1 Å². The van der Waals surface area contributed by atoms with Gasteiger partial charge in [-0.05, 0) is 60.6 Å². The highest BCUT2D eigenvalue weighted by molar-refractivity contribution is 5.95. The lowest BCUT2D eigenvalue weighted by Gasteiger charge is -2.42. The fourth-order valence-corrected chi connectivity index (χ4v) is 4.36. The molecule has 4 rings (SSSR count). The van der Waals surface area contributed by atoms with Crippen molar-refractivity contribution in [2.45, 2.75) is 32.1 Å². The van der Waals surface area contributed by atoms with Crippen LogP contribution in [-0.4, -0.2) is 35.6 Å². The van der Waals surface area contributed by atoms with E-state index in [1.54, 1.807) is 6.07 Å². The number of carbonyl (C=O) groups is 1. The molecule has 1 saturated carbocycles. The first-order chi connectivity index (χ1) is 13.1. The van der Waals surface area contributed by atoms with E-state index < -0.39 is 0 Å². The molecule has 142 valence electrons. The van der Waals surface area contributed by atoms with E-state index >= 15 is 0 Å². The molecule has 1 aliphatic carbocycles. The largest absolute Gasteiger partial charge is 0.396 e. The summed E-state index contributed by atoms with van der Waals surface area (Å²) in [5.74, 6) is 0.443. The zero-order valence-electron chi connectivity index (χ0n) is 15.5. The number of hydrogen-bond donors (Lipinski definition) is 1. The van der Waals surface area contributed by atoms with Crippen LogP contribution in [0.15, 0.2) is 48.5 Å². The lowest BCUT2D eigenvalue weighted by atomic mass is 9.76. The van der Waals surface area contributed by atoms with Gasteiger partial charge in [0.1, 0.15) is 5.82 Å². The molecule has 3 nitrogen and oxygen atoms in total. The minimum Gasteiger partial charge on any atom is -0.396 e. The number of aliphatic hydroxyl groups is 1. The summed E-state index contributed by atoms with van der Waals surface area (Å²) < 4.78 is 13.5. The number of likely N-dealkylation sites (tertiary alicyclic amines) is 1. The third-order valence-electron chi connectivity index (χ3n) is 5.97. The van der Waals surface area contributed by atoms with Gasteiger partial charge in [0, 0.05) is 24.1 Å². The van der Waals surface area contributed by atoms with Crippen LogP contribution >= 0.6 is 0 Å². The molecule has 2 aliphatic rings. The number of rotatable bonds is 5. The van der Waals surface area contributed by atoms with Crippen LogP contribution in [-0.2, 0) is 0 Å². The Labute approximate surface area is 159 Å². The van der Waals surface area contributed by atoms with Crippen molar-refractivity contribution in [2.24, 2.45) is 11.3 Å². The molecule has 4 heteroatoms. The van der Waals surface area contributed by atoms with Crippen molar-refractivity contribution in [3.8, 4) is 11.1 Å². The van der Waals surface area contributed by atoms with Gasteiger partial charge < -0.3 is 10.0 Å². The number of benzene rings is 2. The third kappa shape index (κ3) is 4.06. The quantitative estimate of drug-likeness (QED) is 0.845. The molecule has 2 fully saturated rings. The summed E-state index contributed by atoms with van der Waals surface area (Å²) in [6, 6.07) is 13.8. The smallest absolute Gasteiger partial charge is 0.253 e. The minimum atomic E-state index is -0.284. The Hall–Kier alpha value is -2.20. The van der Waals surface area contributed by atoms with Crippen LogP contribution in [0, 0.1) is 17.2 Å². The van der Waals surface area contributed by atoms with Gasteiger partial charge in [0.05, 0.1) is 6.61 Å². The van der Waals surface area contributed by atoms with Gasteiger partial charge in [0.2, 0.25) is 0 Å². The van der Waals surface area contributed by atoms with Crippen LogP contribution in [0.2, 0.25) is 0 Å². The molecule has 1 atom stereocenters. The van der Waals surface area contributed by atoms with E-state index in [4.69, 9.17) is 0 Å². The lowest BCUT2D eigenvalue weighted by molar-refractivity contribution is 0.0196. The Morgan fingerprint density at radius 1 is 1.15 bits per heavy atom. The zero-order valence-corrected chi connectivity index (χ0v) is 15.5. The minimum absolute atomic E-state index is 0.00146. The summed E-state index contributed by atoms with van der Waals surface area (Å²) in [4.78, 5) is 15.0. The highest BCUT2D eigenvalue weighted by Gasteiger charge is 2.41. The summed E-state index contributed by atoms with van der Waals surface area (Å²) in [6.07, 6.45) is 5.46. The standard InChI is InChI=1S/C23H26FNO2/c24-21-7-2-5-19(13-21)18-4-1-6-20(12-18)22(27)25-11-3-10-23(15-25,16-26)14-17-8-9-17/h1-2,4-7,12-13,17,26H,3,8-11,14-16H2/t23-/m0/s1. The fourth-order valence-electron chi connectivity index (χ4n) is 4.36. The lowest BCUT2D eigenvalue weighted by Crippen LogP contribution is -2.48. The van der Waals surface area contributed by atoms with Gasteiger partial charge in [0.15, 0.2) is 0 Å². The van der Waals surface area contributed by atoms with Gasteiger partial charge in [-0.2, -0.15) is 0 Å². The van der Waals surface area contributed by atoms with Crippen LogP contribution in [0.4, 0.5) is 4.39 Å². The first kappa shape index (κ1) is 18.2. The van der Waals surface area contributed by atoms with Gasteiger partial charge in [0.25, 0.3) is 5.91 Å². The number of carbonyl (C=O) groups excluding carboxylic acids is 1. The number of aliphatic hydroxyl groups excluding tert-OH is 1. The predicted molar refractivity (Wildman–Crippen MR) is 104 cm³/mol. The van der Waals surface area contributed by atoms with E-state index in [-0.39, 0.29) is 23.7 Å². The first-order valence-electron chi connectivity index (χ1n) is 9.85.